The Balaban J connectivity index is 2.16. The predicted octanol–water partition coefficient (Wildman–Crippen LogP) is 1.72. The van der Waals surface area contributed by atoms with Crippen LogP contribution in [0.3, 0.4) is 0 Å². The predicted molar refractivity (Wildman–Crippen MR) is 71.9 cm³/mol. The van der Waals surface area contributed by atoms with Gasteiger partial charge in [0.2, 0.25) is 6.79 Å². The number of nitrogens with two attached hydrogens (primary N) is 1. The average molecular weight is 267 g/mol. The minimum atomic E-state index is 0.116. The molecule has 0 spiro atoms. The summed E-state index contributed by atoms with van der Waals surface area (Å²) in [7, 11) is 1.65. The Morgan fingerprint density at radius 3 is 2.68 bits per heavy atom. The van der Waals surface area contributed by atoms with Crippen LogP contribution in [0.4, 0.5) is 0 Å². The second-order valence-electron chi connectivity index (χ2n) is 4.53. The van der Waals surface area contributed by atoms with Gasteiger partial charge in [0.05, 0.1) is 6.61 Å². The second kappa shape index (κ2) is 6.63. The molecule has 2 N–H and O–H groups in total. The minimum Gasteiger partial charge on any atom is -0.491 e. The summed E-state index contributed by atoms with van der Waals surface area (Å²) in [6.07, 6.45) is 1.68. The van der Waals surface area contributed by atoms with Crippen LogP contribution in [0.1, 0.15) is 18.9 Å². The highest BCUT2D eigenvalue weighted by Gasteiger charge is 2.19. The lowest BCUT2D eigenvalue weighted by Gasteiger charge is -2.15. The van der Waals surface area contributed by atoms with Gasteiger partial charge in [-0.15, -0.1) is 0 Å². The molecule has 5 nitrogen and oxygen atoms in total. The van der Waals surface area contributed by atoms with Crippen LogP contribution in [-0.4, -0.2) is 33.2 Å². The Morgan fingerprint density at radius 1 is 1.26 bits per heavy atom. The van der Waals surface area contributed by atoms with Crippen LogP contribution in [0.2, 0.25) is 0 Å². The molecule has 0 bridgehead atoms. The molecule has 19 heavy (non-hydrogen) atoms. The largest absolute Gasteiger partial charge is 0.491 e. The first-order valence-electron chi connectivity index (χ1n) is 6.54. The maximum atomic E-state index is 6.02. The molecule has 0 radical (unpaired) electrons. The monoisotopic (exact) mass is 267 g/mol. The van der Waals surface area contributed by atoms with Gasteiger partial charge in [0.1, 0.15) is 12.4 Å². The Morgan fingerprint density at radius 2 is 2.00 bits per heavy atom. The van der Waals surface area contributed by atoms with Crippen LogP contribution in [-0.2, 0) is 11.2 Å². The van der Waals surface area contributed by atoms with E-state index in [-0.39, 0.29) is 12.8 Å². The number of rotatable bonds is 7. The number of hydrogen-bond acceptors (Lipinski definition) is 5. The molecule has 1 unspecified atom stereocenters. The molecule has 0 aliphatic carbocycles. The van der Waals surface area contributed by atoms with Gasteiger partial charge < -0.3 is 24.7 Å². The quantitative estimate of drug-likeness (QED) is 0.762. The van der Waals surface area contributed by atoms with Gasteiger partial charge in [0.25, 0.3) is 0 Å². The van der Waals surface area contributed by atoms with E-state index in [2.05, 4.69) is 6.92 Å². The van der Waals surface area contributed by atoms with Gasteiger partial charge in [-0.25, -0.2) is 0 Å². The van der Waals surface area contributed by atoms with Crippen molar-refractivity contribution in [1.82, 2.24) is 0 Å². The average Bonchev–Trinajstić information content (AvgIpc) is 2.86. The van der Waals surface area contributed by atoms with E-state index in [9.17, 15) is 0 Å². The van der Waals surface area contributed by atoms with Gasteiger partial charge in [-0.05, 0) is 24.5 Å². The normalized spacial score (nSPS) is 14.5. The first-order chi connectivity index (χ1) is 9.24. The standard InChI is InChI=1S/C14H21NO4/c1-3-11(15)6-10-7-13-14(19-9-18-13)8-12(10)17-5-4-16-2/h7-8,11H,3-6,9,15H2,1-2H3. The van der Waals surface area contributed by atoms with Gasteiger partial charge in [0, 0.05) is 19.2 Å². The highest BCUT2D eigenvalue weighted by molar-refractivity contribution is 5.52. The van der Waals surface area contributed by atoms with E-state index in [4.69, 9.17) is 24.7 Å². The molecule has 2 rings (SSSR count). The number of ether oxygens (including phenoxy) is 4. The van der Waals surface area contributed by atoms with Crippen molar-refractivity contribution in [3.63, 3.8) is 0 Å². The van der Waals surface area contributed by atoms with E-state index in [1.165, 1.54) is 0 Å². The topological polar surface area (TPSA) is 62.9 Å². The smallest absolute Gasteiger partial charge is 0.231 e. The zero-order valence-corrected chi connectivity index (χ0v) is 11.5. The molecule has 106 valence electrons. The summed E-state index contributed by atoms with van der Waals surface area (Å²) in [6, 6.07) is 3.94. The molecule has 0 aromatic heterocycles. The third-order valence-electron chi connectivity index (χ3n) is 3.11. The van der Waals surface area contributed by atoms with Crippen LogP contribution >= 0.6 is 0 Å². The van der Waals surface area contributed by atoms with Crippen LogP contribution in [0.25, 0.3) is 0 Å². The molecule has 0 amide bonds. The summed E-state index contributed by atoms with van der Waals surface area (Å²) in [5.74, 6) is 2.28. The van der Waals surface area contributed by atoms with Crippen LogP contribution in [0.15, 0.2) is 12.1 Å². The van der Waals surface area contributed by atoms with Crippen LogP contribution < -0.4 is 19.9 Å². The summed E-state index contributed by atoms with van der Waals surface area (Å²) in [4.78, 5) is 0. The first-order valence-corrected chi connectivity index (χ1v) is 6.54. The van der Waals surface area contributed by atoms with Gasteiger partial charge in [-0.1, -0.05) is 6.92 Å². The van der Waals surface area contributed by atoms with E-state index in [1.807, 2.05) is 12.1 Å². The molecule has 5 heteroatoms. The molecule has 1 aliphatic rings. The fourth-order valence-corrected chi connectivity index (χ4v) is 1.92. The van der Waals surface area contributed by atoms with Crippen molar-refractivity contribution in [2.24, 2.45) is 5.73 Å². The molecule has 1 aliphatic heterocycles. The Labute approximate surface area is 113 Å². The van der Waals surface area contributed by atoms with E-state index >= 15 is 0 Å². The second-order valence-corrected chi connectivity index (χ2v) is 4.53. The van der Waals surface area contributed by atoms with E-state index in [0.717, 1.165) is 35.7 Å². The maximum absolute atomic E-state index is 6.02. The van der Waals surface area contributed by atoms with Crippen molar-refractivity contribution in [3.8, 4) is 17.2 Å². The van der Waals surface area contributed by atoms with E-state index in [0.29, 0.717) is 13.2 Å². The van der Waals surface area contributed by atoms with Gasteiger partial charge in [0.15, 0.2) is 11.5 Å². The van der Waals surface area contributed by atoms with Crippen LogP contribution in [0, 0.1) is 0 Å². The number of methoxy groups -OCH3 is 1. The molecule has 0 saturated carbocycles. The molecule has 0 saturated heterocycles. The van der Waals surface area contributed by atoms with Crippen molar-refractivity contribution < 1.29 is 18.9 Å². The molecule has 1 heterocycles. The fourth-order valence-electron chi connectivity index (χ4n) is 1.92. The first kappa shape index (κ1) is 14.0. The summed E-state index contributed by atoms with van der Waals surface area (Å²) < 4.78 is 21.5. The van der Waals surface area contributed by atoms with Crippen molar-refractivity contribution in [2.75, 3.05) is 27.1 Å². The fraction of sp³-hybridized carbons (Fsp3) is 0.571. The number of hydrogen-bond donors (Lipinski definition) is 1. The van der Waals surface area contributed by atoms with Crippen molar-refractivity contribution in [1.29, 1.82) is 0 Å². The summed E-state index contributed by atoms with van der Waals surface area (Å²) in [5, 5.41) is 0. The summed E-state index contributed by atoms with van der Waals surface area (Å²) in [6.45, 7) is 3.39. The van der Waals surface area contributed by atoms with Gasteiger partial charge in [-0.2, -0.15) is 0 Å². The van der Waals surface area contributed by atoms with Gasteiger partial charge in [-0.3, -0.25) is 0 Å². The summed E-state index contributed by atoms with van der Waals surface area (Å²) >= 11 is 0. The lowest BCUT2D eigenvalue weighted by molar-refractivity contribution is 0.145. The highest BCUT2D eigenvalue weighted by atomic mass is 16.7. The SMILES string of the molecule is CCC(N)Cc1cc2c(cc1OCCOC)OCO2. The molecular weight excluding hydrogens is 246 g/mol. The van der Waals surface area contributed by atoms with E-state index < -0.39 is 0 Å². The number of benzene rings is 1. The third kappa shape index (κ3) is 3.52. The lowest BCUT2D eigenvalue weighted by Crippen LogP contribution is -2.22. The van der Waals surface area contributed by atoms with Crippen molar-refractivity contribution in [2.45, 2.75) is 25.8 Å². The van der Waals surface area contributed by atoms with Crippen molar-refractivity contribution >= 4 is 0 Å². The Kier molecular flexibility index (Phi) is 4.87. The minimum absolute atomic E-state index is 0.116. The summed E-state index contributed by atoms with van der Waals surface area (Å²) in [5.41, 5.74) is 7.07. The maximum Gasteiger partial charge on any atom is 0.231 e. The molecular formula is C14H21NO4. The van der Waals surface area contributed by atoms with Crippen molar-refractivity contribution in [3.05, 3.63) is 17.7 Å². The Bertz CT molecular complexity index is 422. The third-order valence-corrected chi connectivity index (χ3v) is 3.11. The zero-order valence-electron chi connectivity index (χ0n) is 11.5. The zero-order chi connectivity index (χ0) is 13.7. The van der Waals surface area contributed by atoms with E-state index in [1.54, 1.807) is 7.11 Å². The van der Waals surface area contributed by atoms with Crippen LogP contribution in [0.5, 0.6) is 17.2 Å². The number of fused-ring (bicyclic) bond motifs is 1. The molecule has 0 fully saturated rings. The molecule has 1 atom stereocenters. The molecule has 1 aromatic carbocycles. The van der Waals surface area contributed by atoms with Gasteiger partial charge >= 0.3 is 0 Å². The lowest BCUT2D eigenvalue weighted by atomic mass is 10.0. The Hall–Kier alpha value is -1.46. The molecule has 1 aromatic rings. The highest BCUT2D eigenvalue weighted by Crippen LogP contribution is 2.38.